The van der Waals surface area contributed by atoms with Crippen LogP contribution in [0.5, 0.6) is 0 Å². The maximum Gasteiger partial charge on any atom is 0.534 e. The van der Waals surface area contributed by atoms with E-state index < -0.39 is 27.3 Å². The molecule has 0 aliphatic carbocycles. The average Bonchev–Trinajstić information content (AvgIpc) is 2.83. The molecule has 2 saturated heterocycles. The van der Waals surface area contributed by atoms with Crippen molar-refractivity contribution < 1.29 is 40.0 Å². The summed E-state index contributed by atoms with van der Waals surface area (Å²) in [5, 5.41) is 0. The molecule has 2 N–H and O–H groups in total. The molecular formula is C17H30F3NO6S. The number of ether oxygens (including phenoxy) is 3. The van der Waals surface area contributed by atoms with E-state index in [9.17, 15) is 21.6 Å². The first-order valence-electron chi connectivity index (χ1n) is 9.31. The van der Waals surface area contributed by atoms with Gasteiger partial charge in [0.15, 0.2) is 0 Å². The van der Waals surface area contributed by atoms with Crippen LogP contribution < -0.4 is 5.73 Å². The van der Waals surface area contributed by atoms with E-state index in [2.05, 4.69) is 10.8 Å². The summed E-state index contributed by atoms with van der Waals surface area (Å²) in [4.78, 5) is 0. The SMILES string of the molecule is C=C(OS(=O)(=O)C(F)(F)F)C(C)C[C@H]1CCC2OC(CN)COCC2O1.CC. The topological polar surface area (TPSA) is 97.1 Å². The fraction of sp³-hybridized carbons (Fsp3) is 0.882. The Hall–Kier alpha value is -0.880. The summed E-state index contributed by atoms with van der Waals surface area (Å²) in [6, 6.07) is 0. The molecular weight excluding hydrogens is 403 g/mol. The highest BCUT2D eigenvalue weighted by atomic mass is 32.2. The highest BCUT2D eigenvalue weighted by Gasteiger charge is 2.49. The number of hydrogen-bond acceptors (Lipinski definition) is 7. The van der Waals surface area contributed by atoms with Crippen molar-refractivity contribution in [1.29, 1.82) is 0 Å². The van der Waals surface area contributed by atoms with Crippen molar-refractivity contribution in [2.45, 2.75) is 70.0 Å². The third kappa shape index (κ3) is 6.87. The Morgan fingerprint density at radius 2 is 1.79 bits per heavy atom. The Bertz CT molecular complexity index is 598. The number of fused-ring (bicyclic) bond motifs is 1. The fourth-order valence-electron chi connectivity index (χ4n) is 2.94. The summed E-state index contributed by atoms with van der Waals surface area (Å²) in [5.41, 5.74) is 0.116. The van der Waals surface area contributed by atoms with Gasteiger partial charge >= 0.3 is 15.6 Å². The van der Waals surface area contributed by atoms with Crippen molar-refractivity contribution in [1.82, 2.24) is 0 Å². The molecule has 2 fully saturated rings. The lowest BCUT2D eigenvalue weighted by atomic mass is 9.94. The van der Waals surface area contributed by atoms with E-state index in [1.165, 1.54) is 6.92 Å². The van der Waals surface area contributed by atoms with Crippen molar-refractivity contribution in [2.24, 2.45) is 11.7 Å². The molecule has 0 amide bonds. The van der Waals surface area contributed by atoms with E-state index in [0.717, 1.165) is 0 Å². The minimum atomic E-state index is -5.71. The van der Waals surface area contributed by atoms with Crippen LogP contribution in [0.2, 0.25) is 0 Å². The fourth-order valence-corrected chi connectivity index (χ4v) is 3.48. The highest BCUT2D eigenvalue weighted by molar-refractivity contribution is 7.87. The maximum absolute atomic E-state index is 12.4. The molecule has 0 radical (unpaired) electrons. The van der Waals surface area contributed by atoms with Gasteiger partial charge in [-0.2, -0.15) is 21.6 Å². The van der Waals surface area contributed by atoms with Crippen LogP contribution in [0, 0.1) is 5.92 Å². The van der Waals surface area contributed by atoms with Gasteiger partial charge in [0.05, 0.1) is 31.5 Å². The van der Waals surface area contributed by atoms with Gasteiger partial charge in [-0.25, -0.2) is 0 Å². The second-order valence-electron chi connectivity index (χ2n) is 6.53. The molecule has 0 saturated carbocycles. The zero-order valence-electron chi connectivity index (χ0n) is 16.4. The minimum Gasteiger partial charge on any atom is -0.381 e. The van der Waals surface area contributed by atoms with Crippen LogP contribution in [0.25, 0.3) is 0 Å². The summed E-state index contributed by atoms with van der Waals surface area (Å²) < 4.78 is 80.6. The molecule has 0 bridgehead atoms. The van der Waals surface area contributed by atoms with Crippen LogP contribution >= 0.6 is 0 Å². The van der Waals surface area contributed by atoms with Crippen molar-refractivity contribution in [2.75, 3.05) is 19.8 Å². The largest absolute Gasteiger partial charge is 0.534 e. The predicted octanol–water partition coefficient (Wildman–Crippen LogP) is 2.71. The summed E-state index contributed by atoms with van der Waals surface area (Å²) in [6.07, 6.45) is 0.647. The third-order valence-electron chi connectivity index (χ3n) is 4.44. The Morgan fingerprint density at radius 1 is 1.18 bits per heavy atom. The van der Waals surface area contributed by atoms with Crippen molar-refractivity contribution >= 4 is 10.1 Å². The number of nitrogens with two attached hydrogens (primary N) is 1. The molecule has 166 valence electrons. The zero-order valence-corrected chi connectivity index (χ0v) is 17.2. The van der Waals surface area contributed by atoms with E-state index in [-0.39, 0.29) is 30.8 Å². The van der Waals surface area contributed by atoms with Crippen LogP contribution in [0.3, 0.4) is 0 Å². The molecule has 2 aliphatic heterocycles. The van der Waals surface area contributed by atoms with Gasteiger partial charge < -0.3 is 24.1 Å². The lowest BCUT2D eigenvalue weighted by molar-refractivity contribution is -0.149. The molecule has 7 nitrogen and oxygen atoms in total. The number of alkyl halides is 3. The number of hydrogen-bond donors (Lipinski definition) is 1. The second kappa shape index (κ2) is 10.8. The lowest BCUT2D eigenvalue weighted by Gasteiger charge is -2.36. The summed E-state index contributed by atoms with van der Waals surface area (Å²) in [6.45, 7) is 9.92. The summed E-state index contributed by atoms with van der Waals surface area (Å²) >= 11 is 0. The number of halogens is 3. The standard InChI is InChI=1S/C15H24F3NO6S.C2H6/c1-9(10(2)25-26(20,21)15(16,17)18)5-11-3-4-13-14(23-11)8-22-7-12(6-19)24-13;1-2/h9,11-14H,2-8,19H2,1H3;1-2H3/t9?,11-,12?,13?,14?;/m1./s1. The quantitative estimate of drug-likeness (QED) is 0.391. The molecule has 2 aliphatic rings. The van der Waals surface area contributed by atoms with Crippen molar-refractivity contribution in [3.05, 3.63) is 12.3 Å². The van der Waals surface area contributed by atoms with E-state index >= 15 is 0 Å². The van der Waals surface area contributed by atoms with Gasteiger partial charge in [0, 0.05) is 12.5 Å². The highest BCUT2D eigenvalue weighted by Crippen LogP contribution is 2.32. The lowest BCUT2D eigenvalue weighted by Crippen LogP contribution is -2.44. The summed E-state index contributed by atoms with van der Waals surface area (Å²) in [7, 11) is -5.71. The van der Waals surface area contributed by atoms with Crippen LogP contribution in [0.1, 0.15) is 40.0 Å². The van der Waals surface area contributed by atoms with Gasteiger partial charge in [-0.1, -0.05) is 27.4 Å². The predicted molar refractivity (Wildman–Crippen MR) is 96.8 cm³/mol. The van der Waals surface area contributed by atoms with Crippen LogP contribution in [0.4, 0.5) is 13.2 Å². The van der Waals surface area contributed by atoms with Crippen molar-refractivity contribution in [3.8, 4) is 0 Å². The molecule has 0 spiro atoms. The third-order valence-corrected chi connectivity index (χ3v) is 5.44. The first-order chi connectivity index (χ1) is 13.0. The van der Waals surface area contributed by atoms with Crippen LogP contribution in [-0.2, 0) is 28.5 Å². The molecule has 11 heteroatoms. The van der Waals surface area contributed by atoms with Gasteiger partial charge in [0.2, 0.25) is 0 Å². The van der Waals surface area contributed by atoms with Crippen molar-refractivity contribution in [3.63, 3.8) is 0 Å². The molecule has 2 rings (SSSR count). The van der Waals surface area contributed by atoms with Gasteiger partial charge in [0.1, 0.15) is 11.9 Å². The molecule has 0 aromatic heterocycles. The zero-order chi connectivity index (χ0) is 21.5. The Kier molecular flexibility index (Phi) is 9.68. The Morgan fingerprint density at radius 3 is 2.36 bits per heavy atom. The van der Waals surface area contributed by atoms with E-state index in [0.29, 0.717) is 32.6 Å². The second-order valence-corrected chi connectivity index (χ2v) is 8.07. The molecule has 5 atom stereocenters. The Balaban J connectivity index is 0.00000190. The van der Waals surface area contributed by atoms with E-state index in [4.69, 9.17) is 19.9 Å². The summed E-state index contributed by atoms with van der Waals surface area (Å²) in [5.74, 6) is -1.11. The molecule has 4 unspecified atom stereocenters. The first kappa shape index (κ1) is 25.2. The molecule has 0 aromatic carbocycles. The minimum absolute atomic E-state index is 0.150. The van der Waals surface area contributed by atoms with E-state index in [1.807, 2.05) is 13.8 Å². The molecule has 0 aromatic rings. The molecule has 28 heavy (non-hydrogen) atoms. The van der Waals surface area contributed by atoms with Gasteiger partial charge in [-0.05, 0) is 19.3 Å². The monoisotopic (exact) mass is 433 g/mol. The number of rotatable bonds is 6. The van der Waals surface area contributed by atoms with Gasteiger partial charge in [0.25, 0.3) is 0 Å². The van der Waals surface area contributed by atoms with Crippen LogP contribution in [0.15, 0.2) is 12.3 Å². The average molecular weight is 433 g/mol. The molecule has 2 heterocycles. The van der Waals surface area contributed by atoms with Crippen LogP contribution in [-0.4, -0.2) is 58.1 Å². The van der Waals surface area contributed by atoms with Gasteiger partial charge in [-0.3, -0.25) is 0 Å². The first-order valence-corrected chi connectivity index (χ1v) is 10.7. The number of allylic oxidation sites excluding steroid dienone is 1. The normalized spacial score (nSPS) is 29.5. The smallest absolute Gasteiger partial charge is 0.381 e. The maximum atomic E-state index is 12.4. The van der Waals surface area contributed by atoms with E-state index in [1.54, 1.807) is 0 Å². The Labute approximate surface area is 164 Å². The van der Waals surface area contributed by atoms with Gasteiger partial charge in [-0.15, -0.1) is 0 Å².